The molecule has 1 atom stereocenters. The fourth-order valence-electron chi connectivity index (χ4n) is 2.01. The molecule has 2 N–H and O–H groups in total. The van der Waals surface area contributed by atoms with Crippen LogP contribution in [0.15, 0.2) is 60.7 Å². The van der Waals surface area contributed by atoms with Gasteiger partial charge in [0.2, 0.25) is 0 Å². The first-order valence-corrected chi connectivity index (χ1v) is 7.04. The van der Waals surface area contributed by atoms with Gasteiger partial charge in [0.05, 0.1) is 13.2 Å². The molecule has 0 aliphatic carbocycles. The standard InChI is InChI=1S/C18H21NO2/c1-21-17-11-9-16(10-12-17)18(20)14-19-13-5-8-15-6-3-2-4-7-15/h2-12,18-20H,13-14H2,1H3/b8-5-/t18-/m1/s1. The summed E-state index contributed by atoms with van der Waals surface area (Å²) < 4.78 is 5.10. The van der Waals surface area contributed by atoms with E-state index in [1.165, 1.54) is 5.56 Å². The third kappa shape index (κ3) is 5.06. The number of nitrogens with one attached hydrogen (secondary N) is 1. The van der Waals surface area contributed by atoms with Crippen molar-refractivity contribution in [2.24, 2.45) is 0 Å². The van der Waals surface area contributed by atoms with Gasteiger partial charge in [-0.05, 0) is 23.3 Å². The lowest BCUT2D eigenvalue weighted by Gasteiger charge is -2.11. The molecule has 2 aromatic rings. The summed E-state index contributed by atoms with van der Waals surface area (Å²) in [4.78, 5) is 0. The van der Waals surface area contributed by atoms with E-state index < -0.39 is 6.10 Å². The van der Waals surface area contributed by atoms with Gasteiger partial charge in [0.25, 0.3) is 0 Å². The van der Waals surface area contributed by atoms with E-state index in [-0.39, 0.29) is 0 Å². The van der Waals surface area contributed by atoms with Crippen LogP contribution in [0.1, 0.15) is 17.2 Å². The van der Waals surface area contributed by atoms with E-state index in [4.69, 9.17) is 4.74 Å². The predicted octanol–water partition coefficient (Wildman–Crippen LogP) is 3.03. The van der Waals surface area contributed by atoms with Crippen molar-refractivity contribution in [3.8, 4) is 5.75 Å². The van der Waals surface area contributed by atoms with Crippen molar-refractivity contribution >= 4 is 6.08 Å². The second-order valence-electron chi connectivity index (χ2n) is 4.76. The van der Waals surface area contributed by atoms with Crippen molar-refractivity contribution in [2.75, 3.05) is 20.2 Å². The normalized spacial score (nSPS) is 12.5. The molecule has 2 rings (SSSR count). The molecule has 0 fully saturated rings. The zero-order valence-corrected chi connectivity index (χ0v) is 12.2. The van der Waals surface area contributed by atoms with Gasteiger partial charge in [0.15, 0.2) is 0 Å². The fraction of sp³-hybridized carbons (Fsp3) is 0.222. The molecule has 110 valence electrons. The summed E-state index contributed by atoms with van der Waals surface area (Å²) in [5.74, 6) is 0.796. The second-order valence-corrected chi connectivity index (χ2v) is 4.76. The topological polar surface area (TPSA) is 41.5 Å². The van der Waals surface area contributed by atoms with E-state index in [0.29, 0.717) is 6.54 Å². The average molecular weight is 283 g/mol. The Kier molecular flexibility index (Phi) is 6.00. The van der Waals surface area contributed by atoms with Gasteiger partial charge in [-0.1, -0.05) is 54.6 Å². The maximum absolute atomic E-state index is 10.1. The number of benzene rings is 2. The molecule has 0 aliphatic rings. The van der Waals surface area contributed by atoms with Crippen LogP contribution < -0.4 is 10.1 Å². The van der Waals surface area contributed by atoms with E-state index in [0.717, 1.165) is 17.9 Å². The van der Waals surface area contributed by atoms with E-state index >= 15 is 0 Å². The smallest absolute Gasteiger partial charge is 0.118 e. The van der Waals surface area contributed by atoms with Crippen molar-refractivity contribution in [1.29, 1.82) is 0 Å². The van der Waals surface area contributed by atoms with Crippen molar-refractivity contribution < 1.29 is 9.84 Å². The van der Waals surface area contributed by atoms with Gasteiger partial charge >= 0.3 is 0 Å². The number of hydrogen-bond donors (Lipinski definition) is 2. The van der Waals surface area contributed by atoms with Gasteiger partial charge in [0.1, 0.15) is 5.75 Å². The molecule has 3 heteroatoms. The molecule has 0 saturated carbocycles. The van der Waals surface area contributed by atoms with Crippen LogP contribution in [0.5, 0.6) is 5.75 Å². The molecule has 0 aromatic heterocycles. The molecule has 0 radical (unpaired) electrons. The Bertz CT molecular complexity index is 549. The number of aliphatic hydroxyl groups is 1. The van der Waals surface area contributed by atoms with Crippen molar-refractivity contribution in [1.82, 2.24) is 5.32 Å². The van der Waals surface area contributed by atoms with Crippen LogP contribution in [0, 0.1) is 0 Å². The van der Waals surface area contributed by atoms with Gasteiger partial charge < -0.3 is 15.2 Å². The van der Waals surface area contributed by atoms with Gasteiger partial charge in [0, 0.05) is 13.1 Å². The Morgan fingerprint density at radius 3 is 2.48 bits per heavy atom. The molecular weight excluding hydrogens is 262 g/mol. The first-order valence-electron chi connectivity index (χ1n) is 7.04. The lowest BCUT2D eigenvalue weighted by Crippen LogP contribution is -2.21. The van der Waals surface area contributed by atoms with Gasteiger partial charge in [-0.25, -0.2) is 0 Å². The number of ether oxygens (including phenoxy) is 1. The molecule has 0 spiro atoms. The molecule has 2 aromatic carbocycles. The lowest BCUT2D eigenvalue weighted by atomic mass is 10.1. The van der Waals surface area contributed by atoms with Crippen LogP contribution in [0.3, 0.4) is 0 Å². The third-order valence-electron chi connectivity index (χ3n) is 3.21. The van der Waals surface area contributed by atoms with Gasteiger partial charge in [-0.3, -0.25) is 0 Å². The summed E-state index contributed by atoms with van der Waals surface area (Å²) in [7, 11) is 1.63. The SMILES string of the molecule is COc1ccc([C@H](O)CNC/C=C\c2ccccc2)cc1. The molecule has 21 heavy (non-hydrogen) atoms. The first-order chi connectivity index (χ1) is 10.3. The minimum absolute atomic E-state index is 0.513. The van der Waals surface area contributed by atoms with Crippen LogP contribution in [-0.2, 0) is 0 Å². The van der Waals surface area contributed by atoms with E-state index in [2.05, 4.69) is 29.6 Å². The zero-order valence-electron chi connectivity index (χ0n) is 12.2. The lowest BCUT2D eigenvalue weighted by molar-refractivity contribution is 0.176. The van der Waals surface area contributed by atoms with Crippen LogP contribution in [0.25, 0.3) is 6.08 Å². The maximum atomic E-state index is 10.1. The molecule has 0 aliphatic heterocycles. The summed E-state index contributed by atoms with van der Waals surface area (Å²) in [6.07, 6.45) is 3.60. The fourth-order valence-corrected chi connectivity index (χ4v) is 2.01. The maximum Gasteiger partial charge on any atom is 0.118 e. The average Bonchev–Trinajstić information content (AvgIpc) is 2.55. The molecule has 0 saturated heterocycles. The Hall–Kier alpha value is -2.10. The quantitative estimate of drug-likeness (QED) is 0.767. The van der Waals surface area contributed by atoms with Gasteiger partial charge in [-0.15, -0.1) is 0 Å². The molecule has 3 nitrogen and oxygen atoms in total. The highest BCUT2D eigenvalue weighted by molar-refractivity contribution is 5.48. The number of rotatable bonds is 7. The molecular formula is C18H21NO2. The number of aliphatic hydroxyl groups excluding tert-OH is 1. The summed E-state index contributed by atoms with van der Waals surface area (Å²) in [6.45, 7) is 1.24. The summed E-state index contributed by atoms with van der Waals surface area (Å²) in [5.41, 5.74) is 2.06. The zero-order chi connectivity index (χ0) is 14.9. The van der Waals surface area contributed by atoms with Crippen molar-refractivity contribution in [3.63, 3.8) is 0 Å². The Labute approximate surface area is 125 Å². The highest BCUT2D eigenvalue weighted by Gasteiger charge is 2.06. The Morgan fingerprint density at radius 2 is 1.81 bits per heavy atom. The minimum atomic E-state index is -0.513. The van der Waals surface area contributed by atoms with E-state index in [1.807, 2.05) is 42.5 Å². The Morgan fingerprint density at radius 1 is 1.10 bits per heavy atom. The number of methoxy groups -OCH3 is 1. The highest BCUT2D eigenvalue weighted by atomic mass is 16.5. The number of hydrogen-bond acceptors (Lipinski definition) is 3. The summed E-state index contributed by atoms with van der Waals surface area (Å²) >= 11 is 0. The largest absolute Gasteiger partial charge is 0.497 e. The Balaban J connectivity index is 1.73. The van der Waals surface area contributed by atoms with E-state index in [9.17, 15) is 5.11 Å². The van der Waals surface area contributed by atoms with Crippen molar-refractivity contribution in [3.05, 3.63) is 71.8 Å². The predicted molar refractivity (Wildman–Crippen MR) is 86.3 cm³/mol. The molecule has 0 amide bonds. The van der Waals surface area contributed by atoms with Crippen LogP contribution in [0.2, 0.25) is 0 Å². The first kappa shape index (κ1) is 15.3. The highest BCUT2D eigenvalue weighted by Crippen LogP contribution is 2.16. The minimum Gasteiger partial charge on any atom is -0.497 e. The second kappa shape index (κ2) is 8.25. The van der Waals surface area contributed by atoms with E-state index in [1.54, 1.807) is 7.11 Å². The van der Waals surface area contributed by atoms with Crippen LogP contribution in [0.4, 0.5) is 0 Å². The van der Waals surface area contributed by atoms with Crippen LogP contribution in [-0.4, -0.2) is 25.3 Å². The monoisotopic (exact) mass is 283 g/mol. The van der Waals surface area contributed by atoms with Crippen molar-refractivity contribution in [2.45, 2.75) is 6.10 Å². The molecule has 0 heterocycles. The summed E-state index contributed by atoms with van der Waals surface area (Å²) in [6, 6.07) is 17.6. The molecule has 0 bridgehead atoms. The van der Waals surface area contributed by atoms with Gasteiger partial charge in [-0.2, -0.15) is 0 Å². The third-order valence-corrected chi connectivity index (χ3v) is 3.21. The summed E-state index contributed by atoms with van der Waals surface area (Å²) in [5, 5.41) is 13.3. The van der Waals surface area contributed by atoms with Crippen LogP contribution >= 0.6 is 0 Å². The molecule has 0 unspecified atom stereocenters.